The van der Waals surface area contributed by atoms with Gasteiger partial charge in [0.05, 0.1) is 7.11 Å². The van der Waals surface area contributed by atoms with Crippen molar-refractivity contribution in [3.05, 3.63) is 31.5 Å². The predicted molar refractivity (Wildman–Crippen MR) is 105 cm³/mol. The Hall–Kier alpha value is -1.35. The fourth-order valence-corrected chi connectivity index (χ4v) is 0.772. The van der Waals surface area contributed by atoms with Crippen molar-refractivity contribution < 1.29 is 19.3 Å². The second kappa shape index (κ2) is 43.0. The quantitative estimate of drug-likeness (QED) is 0.288. The second-order valence-electron chi connectivity index (χ2n) is 4.53. The van der Waals surface area contributed by atoms with E-state index < -0.39 is 0 Å². The van der Waals surface area contributed by atoms with Gasteiger partial charge in [0.15, 0.2) is 0 Å². The first-order valence-corrected chi connectivity index (χ1v) is 7.89. The zero-order valence-corrected chi connectivity index (χ0v) is 16.3. The molecule has 1 N–H and O–H groups in total. The zero-order valence-electron chi connectivity index (χ0n) is 16.3. The van der Waals surface area contributed by atoms with Gasteiger partial charge in [-0.3, -0.25) is 4.79 Å². The standard InChI is InChI=1S/C7H14.C6H12O2.C4H8.CH4O.CO.CH4/c1-5-7(4)6(2)3;1-3-4-5-6(7)8-2;1-3-4-2;2*1-2;/h7H,2,5H2,1,3-4H3;3-5H2,1-2H3;3H,1,4H2,2H3;2H,1H3;;1H4. The molecule has 0 rings (SSSR count). The molecule has 0 aliphatic heterocycles. The number of carbonyl (C=O) groups is 1. The molecule has 0 aromatic rings. The third-order valence-electron chi connectivity index (χ3n) is 2.70. The number of esters is 1. The number of hydrogen-bond donors (Lipinski definition) is 1. The molecule has 0 bridgehead atoms. The maximum absolute atomic E-state index is 10.3. The molecule has 4 heteroatoms. The zero-order chi connectivity index (χ0) is 19.7. The summed E-state index contributed by atoms with van der Waals surface area (Å²) in [5.74, 6) is 0.604. The van der Waals surface area contributed by atoms with Crippen molar-refractivity contribution in [2.24, 2.45) is 5.92 Å². The van der Waals surface area contributed by atoms with Crippen LogP contribution in [0.15, 0.2) is 24.8 Å². The summed E-state index contributed by atoms with van der Waals surface area (Å²) >= 11 is 0. The SMILES string of the molecule is C.C=C(C)C(C)CC.C=CCC.CCCCC(=O)OC.CO.[C-]#[O+]. The predicted octanol–water partition coefficient (Wildman–Crippen LogP) is 5.75. The van der Waals surface area contributed by atoms with E-state index in [-0.39, 0.29) is 13.4 Å². The van der Waals surface area contributed by atoms with Gasteiger partial charge in [-0.05, 0) is 32.1 Å². The molecule has 0 amide bonds. The summed E-state index contributed by atoms with van der Waals surface area (Å²) in [6, 6.07) is 0. The molecule has 0 saturated heterocycles. The number of hydrogen-bond acceptors (Lipinski definition) is 3. The molecule has 0 aromatic heterocycles. The number of allylic oxidation sites excluding steroid dienone is 2. The van der Waals surface area contributed by atoms with Crippen LogP contribution in [0.5, 0.6) is 0 Å². The number of methoxy groups -OCH3 is 1. The van der Waals surface area contributed by atoms with Gasteiger partial charge in [0.25, 0.3) is 0 Å². The molecule has 4 nitrogen and oxygen atoms in total. The summed E-state index contributed by atoms with van der Waals surface area (Å²) < 4.78 is 11.9. The molecule has 0 aromatic carbocycles. The van der Waals surface area contributed by atoms with Crippen LogP contribution in [0, 0.1) is 12.6 Å². The van der Waals surface area contributed by atoms with Gasteiger partial charge < -0.3 is 9.84 Å². The molecule has 0 heterocycles. The number of ether oxygens (including phenoxy) is 1. The first-order chi connectivity index (χ1) is 10.9. The minimum absolute atomic E-state index is 0. The average molecular weight is 347 g/mol. The van der Waals surface area contributed by atoms with Gasteiger partial charge in [-0.25, -0.2) is 0 Å². The first kappa shape index (κ1) is 38.3. The van der Waals surface area contributed by atoms with E-state index in [1.165, 1.54) is 19.1 Å². The minimum atomic E-state index is -0.105. The molecule has 0 radical (unpaired) electrons. The van der Waals surface area contributed by atoms with Gasteiger partial charge in [0, 0.05) is 13.5 Å². The van der Waals surface area contributed by atoms with Gasteiger partial charge in [-0.2, -0.15) is 0 Å². The van der Waals surface area contributed by atoms with Gasteiger partial charge >= 0.3 is 17.3 Å². The van der Waals surface area contributed by atoms with Crippen molar-refractivity contribution in [2.75, 3.05) is 14.2 Å². The van der Waals surface area contributed by atoms with Crippen molar-refractivity contribution in [2.45, 2.75) is 74.1 Å². The van der Waals surface area contributed by atoms with Crippen LogP contribution in [-0.2, 0) is 14.2 Å². The van der Waals surface area contributed by atoms with Crippen LogP contribution >= 0.6 is 0 Å². The summed E-state index contributed by atoms with van der Waals surface area (Å²) in [7, 11) is 2.41. The Kier molecular flexibility index (Phi) is 68.6. The van der Waals surface area contributed by atoms with E-state index in [0.717, 1.165) is 26.4 Å². The van der Waals surface area contributed by atoms with Crippen LogP contribution in [0.1, 0.15) is 74.1 Å². The fraction of sp³-hybridized carbons (Fsp3) is 0.700. The van der Waals surface area contributed by atoms with Crippen LogP contribution in [0.3, 0.4) is 0 Å². The number of rotatable bonds is 6. The molecular weight excluding hydrogens is 304 g/mol. The van der Waals surface area contributed by atoms with E-state index in [4.69, 9.17) is 9.76 Å². The molecule has 146 valence electrons. The number of aliphatic hydroxyl groups excluding tert-OH is 1. The Morgan fingerprint density at radius 1 is 1.29 bits per heavy atom. The first-order valence-electron chi connectivity index (χ1n) is 7.89. The van der Waals surface area contributed by atoms with Crippen molar-refractivity contribution in [1.82, 2.24) is 0 Å². The Morgan fingerprint density at radius 3 is 1.79 bits per heavy atom. The monoisotopic (exact) mass is 346 g/mol. The number of unbranched alkanes of at least 4 members (excludes halogenated alkanes) is 1. The molecule has 1 atom stereocenters. The molecule has 1 unspecified atom stereocenters. The van der Waals surface area contributed by atoms with Crippen LogP contribution in [0.4, 0.5) is 0 Å². The topological polar surface area (TPSA) is 66.4 Å². The molecule has 0 saturated carbocycles. The van der Waals surface area contributed by atoms with Crippen LogP contribution in [0.25, 0.3) is 0 Å². The van der Waals surface area contributed by atoms with E-state index in [2.05, 4.69) is 52.2 Å². The van der Waals surface area contributed by atoms with Crippen LogP contribution in [0.2, 0.25) is 0 Å². The van der Waals surface area contributed by atoms with Crippen molar-refractivity contribution in [1.29, 1.82) is 0 Å². The van der Waals surface area contributed by atoms with Crippen molar-refractivity contribution in [3.8, 4) is 0 Å². The third kappa shape index (κ3) is 58.7. The Labute approximate surface area is 151 Å². The summed E-state index contributed by atoms with van der Waals surface area (Å²) in [4.78, 5) is 10.3. The average Bonchev–Trinajstić information content (AvgIpc) is 2.62. The van der Waals surface area contributed by atoms with E-state index in [9.17, 15) is 4.79 Å². The summed E-state index contributed by atoms with van der Waals surface area (Å²) in [5.41, 5.74) is 1.29. The Morgan fingerprint density at radius 2 is 1.67 bits per heavy atom. The summed E-state index contributed by atoms with van der Waals surface area (Å²) in [6.45, 7) is 22.4. The van der Waals surface area contributed by atoms with Gasteiger partial charge in [-0.1, -0.05) is 59.8 Å². The third-order valence-corrected chi connectivity index (χ3v) is 2.70. The summed E-state index contributed by atoms with van der Waals surface area (Å²) in [6.07, 6.45) is 6.73. The van der Waals surface area contributed by atoms with E-state index in [1.54, 1.807) is 0 Å². The van der Waals surface area contributed by atoms with Crippen molar-refractivity contribution >= 4 is 5.97 Å². The normalized spacial score (nSPS) is 8.25. The maximum atomic E-state index is 10.3. The summed E-state index contributed by atoms with van der Waals surface area (Å²) in [5, 5.41) is 7.00. The van der Waals surface area contributed by atoms with E-state index >= 15 is 0 Å². The van der Waals surface area contributed by atoms with Crippen LogP contribution < -0.4 is 0 Å². The van der Waals surface area contributed by atoms with E-state index in [0.29, 0.717) is 12.3 Å². The van der Waals surface area contributed by atoms with Crippen LogP contribution in [-0.4, -0.2) is 25.3 Å². The molecule has 0 fully saturated rings. The molecule has 0 aliphatic rings. The van der Waals surface area contributed by atoms with E-state index in [1.807, 2.05) is 13.0 Å². The molecular formula is C20H42O4. The Bertz CT molecular complexity index is 258. The fourth-order valence-electron chi connectivity index (χ4n) is 0.772. The second-order valence-corrected chi connectivity index (χ2v) is 4.53. The number of carbonyl (C=O) groups excluding carboxylic acids is 1. The molecule has 24 heavy (non-hydrogen) atoms. The van der Waals surface area contributed by atoms with Gasteiger partial charge in [0.1, 0.15) is 0 Å². The van der Waals surface area contributed by atoms with Crippen molar-refractivity contribution in [3.63, 3.8) is 0 Å². The van der Waals surface area contributed by atoms with Gasteiger partial charge in [0.2, 0.25) is 0 Å². The Balaban J connectivity index is -0.0000000464. The molecule has 0 spiro atoms. The number of aliphatic hydroxyl groups is 1. The molecule has 0 aliphatic carbocycles. The van der Waals surface area contributed by atoms with Gasteiger partial charge in [-0.15, -0.1) is 6.58 Å².